The first kappa shape index (κ1) is 23.5. The molecular weight excluding hydrogens is 446 g/mol. The second-order valence-corrected chi connectivity index (χ2v) is 8.99. The molecule has 0 radical (unpaired) electrons. The largest absolute Gasteiger partial charge is 0.489 e. The van der Waals surface area contributed by atoms with Crippen LogP contribution in [0.2, 0.25) is 0 Å². The molecule has 0 fully saturated rings. The number of ether oxygens (including phenoxy) is 1. The highest BCUT2D eigenvalue weighted by Crippen LogP contribution is 2.22. The Morgan fingerprint density at radius 3 is 2.68 bits per heavy atom. The smallest absolute Gasteiger partial charge is 0.230 e. The van der Waals surface area contributed by atoms with Gasteiger partial charge in [0, 0.05) is 23.6 Å². The fourth-order valence-corrected chi connectivity index (χ4v) is 4.11. The molecule has 1 amide bonds. The molecule has 1 atom stereocenters. The van der Waals surface area contributed by atoms with E-state index in [1.165, 1.54) is 22.9 Å². The lowest BCUT2D eigenvalue weighted by Gasteiger charge is -2.15. The van der Waals surface area contributed by atoms with Crippen molar-refractivity contribution in [2.24, 2.45) is 0 Å². The van der Waals surface area contributed by atoms with E-state index in [9.17, 15) is 4.79 Å². The highest BCUT2D eigenvalue weighted by Gasteiger charge is 2.13. The molecule has 2 heterocycles. The molecule has 0 aliphatic rings. The molecule has 4 rings (SSSR count). The van der Waals surface area contributed by atoms with Gasteiger partial charge in [-0.1, -0.05) is 36.0 Å². The van der Waals surface area contributed by atoms with E-state index in [0.717, 1.165) is 22.6 Å². The van der Waals surface area contributed by atoms with Gasteiger partial charge in [0.15, 0.2) is 5.16 Å². The lowest BCUT2D eigenvalue weighted by atomic mass is 10.1. The van der Waals surface area contributed by atoms with E-state index in [2.05, 4.69) is 46.5 Å². The van der Waals surface area contributed by atoms with Crippen molar-refractivity contribution in [2.75, 3.05) is 5.75 Å². The van der Waals surface area contributed by atoms with Crippen LogP contribution in [0.25, 0.3) is 5.69 Å². The zero-order valence-corrected chi connectivity index (χ0v) is 20.2. The third-order valence-corrected chi connectivity index (χ3v) is 6.45. The van der Waals surface area contributed by atoms with Crippen LogP contribution in [-0.2, 0) is 11.4 Å². The molecule has 0 saturated carbocycles. The van der Waals surface area contributed by atoms with Crippen molar-refractivity contribution in [3.8, 4) is 11.4 Å². The van der Waals surface area contributed by atoms with E-state index in [0.29, 0.717) is 11.8 Å². The maximum atomic E-state index is 12.6. The highest BCUT2D eigenvalue weighted by atomic mass is 32.2. The first-order valence-corrected chi connectivity index (χ1v) is 12.0. The number of thioether (sulfide) groups is 1. The summed E-state index contributed by atoms with van der Waals surface area (Å²) in [5, 5.41) is 11.9. The lowest BCUT2D eigenvalue weighted by molar-refractivity contribution is -0.119. The number of aryl methyl sites for hydroxylation is 2. The SMILES string of the molecule is Cc1ccc(-n2cnnc2SCC(=O)NC(C)c2ccc(OCc3cccnc3)cc2)cc1C. The average Bonchev–Trinajstić information content (AvgIpc) is 3.33. The van der Waals surface area contributed by atoms with Crippen molar-refractivity contribution in [3.63, 3.8) is 0 Å². The molecule has 4 aromatic rings. The van der Waals surface area contributed by atoms with E-state index in [-0.39, 0.29) is 17.7 Å². The van der Waals surface area contributed by atoms with Crippen LogP contribution in [0, 0.1) is 13.8 Å². The molecule has 7 nitrogen and oxygen atoms in total. The fourth-order valence-electron chi connectivity index (χ4n) is 3.37. The second-order valence-electron chi connectivity index (χ2n) is 8.05. The molecule has 8 heteroatoms. The van der Waals surface area contributed by atoms with Crippen molar-refractivity contribution in [1.29, 1.82) is 0 Å². The van der Waals surface area contributed by atoms with E-state index < -0.39 is 0 Å². The number of hydrogen-bond donors (Lipinski definition) is 1. The summed E-state index contributed by atoms with van der Waals surface area (Å²) < 4.78 is 7.70. The van der Waals surface area contributed by atoms with Crippen LogP contribution in [-0.4, -0.2) is 31.4 Å². The molecule has 0 aliphatic heterocycles. The Balaban J connectivity index is 1.29. The molecule has 0 bridgehead atoms. The quantitative estimate of drug-likeness (QED) is 0.351. The zero-order chi connectivity index (χ0) is 23.9. The van der Waals surface area contributed by atoms with Crippen molar-refractivity contribution < 1.29 is 9.53 Å². The van der Waals surface area contributed by atoms with E-state index in [1.807, 2.05) is 54.0 Å². The van der Waals surface area contributed by atoms with Gasteiger partial charge in [0.25, 0.3) is 0 Å². The van der Waals surface area contributed by atoms with Crippen LogP contribution in [0.4, 0.5) is 0 Å². The van der Waals surface area contributed by atoms with Crippen molar-refractivity contribution in [3.05, 3.63) is 95.6 Å². The van der Waals surface area contributed by atoms with Crippen LogP contribution < -0.4 is 10.1 Å². The van der Waals surface area contributed by atoms with Crippen LogP contribution >= 0.6 is 11.8 Å². The lowest BCUT2D eigenvalue weighted by Crippen LogP contribution is -2.28. The number of aromatic nitrogens is 4. The normalized spacial score (nSPS) is 11.7. The van der Waals surface area contributed by atoms with Gasteiger partial charge in [-0.25, -0.2) is 0 Å². The molecular formula is C26H27N5O2S. The van der Waals surface area contributed by atoms with Gasteiger partial charge in [-0.05, 0) is 67.8 Å². The van der Waals surface area contributed by atoms with Gasteiger partial charge < -0.3 is 10.1 Å². The van der Waals surface area contributed by atoms with Crippen LogP contribution in [0.5, 0.6) is 5.75 Å². The van der Waals surface area contributed by atoms with E-state index in [4.69, 9.17) is 4.74 Å². The number of nitrogens with one attached hydrogen (secondary N) is 1. The number of hydrogen-bond acceptors (Lipinski definition) is 6. The van der Waals surface area contributed by atoms with Gasteiger partial charge in [0.2, 0.25) is 5.91 Å². The maximum Gasteiger partial charge on any atom is 0.230 e. The predicted octanol–water partition coefficient (Wildman–Crippen LogP) is 4.83. The minimum atomic E-state index is -0.127. The minimum absolute atomic E-state index is 0.0657. The molecule has 34 heavy (non-hydrogen) atoms. The fraction of sp³-hybridized carbons (Fsp3) is 0.231. The first-order valence-electron chi connectivity index (χ1n) is 11.0. The summed E-state index contributed by atoms with van der Waals surface area (Å²) in [4.78, 5) is 16.7. The Morgan fingerprint density at radius 1 is 1.12 bits per heavy atom. The van der Waals surface area contributed by atoms with Gasteiger partial charge >= 0.3 is 0 Å². The second kappa shape index (κ2) is 11.0. The molecule has 0 saturated heterocycles. The minimum Gasteiger partial charge on any atom is -0.489 e. The monoisotopic (exact) mass is 473 g/mol. The molecule has 2 aromatic heterocycles. The third kappa shape index (κ3) is 6.02. The molecule has 174 valence electrons. The van der Waals surface area contributed by atoms with Gasteiger partial charge in [0.1, 0.15) is 18.7 Å². The highest BCUT2D eigenvalue weighted by molar-refractivity contribution is 7.99. The van der Waals surface area contributed by atoms with Gasteiger partial charge in [-0.2, -0.15) is 0 Å². The number of carbonyl (C=O) groups excluding carboxylic acids is 1. The van der Waals surface area contributed by atoms with Gasteiger partial charge in [0.05, 0.1) is 11.8 Å². The average molecular weight is 474 g/mol. The van der Waals surface area contributed by atoms with Gasteiger partial charge in [-0.3, -0.25) is 14.3 Å². The molecule has 2 aromatic carbocycles. The third-order valence-electron chi connectivity index (χ3n) is 5.50. The van der Waals surface area contributed by atoms with E-state index >= 15 is 0 Å². The number of pyridine rings is 1. The van der Waals surface area contributed by atoms with Crippen molar-refractivity contribution in [2.45, 2.75) is 38.6 Å². The van der Waals surface area contributed by atoms with Crippen molar-refractivity contribution in [1.82, 2.24) is 25.1 Å². The maximum absolute atomic E-state index is 12.6. The number of rotatable bonds is 9. The molecule has 1 N–H and O–H groups in total. The summed E-state index contributed by atoms with van der Waals surface area (Å²) in [5.41, 5.74) is 5.42. The van der Waals surface area contributed by atoms with Crippen LogP contribution in [0.1, 0.15) is 35.2 Å². The summed E-state index contributed by atoms with van der Waals surface area (Å²) >= 11 is 1.36. The Morgan fingerprint density at radius 2 is 1.94 bits per heavy atom. The predicted molar refractivity (Wildman–Crippen MR) is 133 cm³/mol. The first-order chi connectivity index (χ1) is 16.5. The van der Waals surface area contributed by atoms with Crippen LogP contribution in [0.15, 0.2) is 78.5 Å². The number of amides is 1. The van der Waals surface area contributed by atoms with Crippen LogP contribution in [0.3, 0.4) is 0 Å². The van der Waals surface area contributed by atoms with E-state index in [1.54, 1.807) is 18.7 Å². The number of carbonyl (C=O) groups is 1. The summed E-state index contributed by atoms with van der Waals surface area (Å²) in [7, 11) is 0. The van der Waals surface area contributed by atoms with Gasteiger partial charge in [-0.15, -0.1) is 10.2 Å². The number of nitrogens with zero attached hydrogens (tertiary/aromatic N) is 4. The topological polar surface area (TPSA) is 81.9 Å². The number of benzene rings is 2. The summed E-state index contributed by atoms with van der Waals surface area (Å²) in [5.74, 6) is 0.955. The summed E-state index contributed by atoms with van der Waals surface area (Å²) in [6.45, 7) is 6.58. The standard InChI is InChI=1S/C26H27N5O2S/c1-18-6-9-23(13-19(18)2)31-17-28-30-26(31)34-16-25(32)29-20(3)22-7-10-24(11-8-22)33-15-21-5-4-12-27-14-21/h4-14,17,20H,15-16H2,1-3H3,(H,29,32). The Hall–Kier alpha value is -3.65. The summed E-state index contributed by atoms with van der Waals surface area (Å²) in [6, 6.07) is 17.7. The molecule has 1 unspecified atom stereocenters. The zero-order valence-electron chi connectivity index (χ0n) is 19.4. The molecule has 0 aliphatic carbocycles. The molecule has 0 spiro atoms. The Labute approximate surface area is 203 Å². The summed E-state index contributed by atoms with van der Waals surface area (Å²) in [6.07, 6.45) is 5.20. The Bertz CT molecular complexity index is 1240. The van der Waals surface area contributed by atoms with Crippen molar-refractivity contribution >= 4 is 17.7 Å². The Kier molecular flexibility index (Phi) is 7.59.